The van der Waals surface area contributed by atoms with E-state index in [2.05, 4.69) is 9.88 Å². The van der Waals surface area contributed by atoms with Crippen LogP contribution >= 0.6 is 0 Å². The topological polar surface area (TPSA) is 84.4 Å². The molecule has 1 N–H and O–H groups in total. The first-order chi connectivity index (χ1) is 16.6. The second-order valence-electron chi connectivity index (χ2n) is 7.82. The second kappa shape index (κ2) is 10.9. The van der Waals surface area contributed by atoms with Crippen LogP contribution in [0, 0.1) is 0 Å². The van der Waals surface area contributed by atoms with Crippen molar-refractivity contribution >= 4 is 11.6 Å². The number of pyridine rings is 1. The number of hydrogen-bond donors (Lipinski definition) is 1. The lowest BCUT2D eigenvalue weighted by Crippen LogP contribution is -2.49. The van der Waals surface area contributed by atoms with Gasteiger partial charge < -0.3 is 29.1 Å². The van der Waals surface area contributed by atoms with Crippen LogP contribution in [0.4, 0.5) is 5.69 Å². The Morgan fingerprint density at radius 1 is 0.941 bits per heavy atom. The van der Waals surface area contributed by atoms with Crippen LogP contribution in [0.2, 0.25) is 0 Å². The van der Waals surface area contributed by atoms with Crippen molar-refractivity contribution in [2.75, 3.05) is 58.5 Å². The maximum atomic E-state index is 13.2. The number of ether oxygens (including phenoxy) is 3. The first kappa shape index (κ1) is 23.4. The van der Waals surface area contributed by atoms with Gasteiger partial charge >= 0.3 is 0 Å². The fourth-order valence-electron chi connectivity index (χ4n) is 3.96. The number of piperazine rings is 1. The van der Waals surface area contributed by atoms with Crippen molar-refractivity contribution in [1.29, 1.82) is 0 Å². The van der Waals surface area contributed by atoms with E-state index in [4.69, 9.17) is 19.3 Å². The molecule has 0 atom stereocenters. The Balaban J connectivity index is 1.41. The van der Waals surface area contributed by atoms with Crippen molar-refractivity contribution in [2.24, 2.45) is 0 Å². The first-order valence-electron chi connectivity index (χ1n) is 11.2. The van der Waals surface area contributed by atoms with Gasteiger partial charge in [0.05, 0.1) is 26.5 Å². The van der Waals surface area contributed by atoms with Gasteiger partial charge in [-0.15, -0.1) is 0 Å². The molecule has 1 amide bonds. The third kappa shape index (κ3) is 5.23. The molecule has 0 unspecified atom stereocenters. The van der Waals surface area contributed by atoms with Gasteiger partial charge in [0.25, 0.3) is 5.91 Å². The highest BCUT2D eigenvalue weighted by Crippen LogP contribution is 2.31. The number of benzene rings is 2. The number of aromatic nitrogens is 1. The van der Waals surface area contributed by atoms with Crippen molar-refractivity contribution in [1.82, 2.24) is 9.88 Å². The Morgan fingerprint density at radius 3 is 2.35 bits per heavy atom. The summed E-state index contributed by atoms with van der Waals surface area (Å²) >= 11 is 0. The van der Waals surface area contributed by atoms with Gasteiger partial charge in [0.2, 0.25) is 0 Å². The molecule has 2 aromatic carbocycles. The lowest BCUT2D eigenvalue weighted by Gasteiger charge is -2.36. The van der Waals surface area contributed by atoms with E-state index in [-0.39, 0.29) is 19.1 Å². The summed E-state index contributed by atoms with van der Waals surface area (Å²) in [5, 5.41) is 8.87. The van der Waals surface area contributed by atoms with Crippen molar-refractivity contribution in [3.8, 4) is 28.5 Å². The second-order valence-corrected chi connectivity index (χ2v) is 7.82. The Kier molecular flexibility index (Phi) is 7.49. The highest BCUT2D eigenvalue weighted by atomic mass is 16.5. The smallest absolute Gasteiger partial charge is 0.272 e. The summed E-state index contributed by atoms with van der Waals surface area (Å²) < 4.78 is 16.1. The van der Waals surface area contributed by atoms with Gasteiger partial charge in [-0.25, -0.2) is 4.98 Å². The number of amides is 1. The minimum Gasteiger partial charge on any atom is -0.493 e. The molecule has 3 aromatic rings. The molecule has 8 heteroatoms. The van der Waals surface area contributed by atoms with Crippen LogP contribution in [0.3, 0.4) is 0 Å². The summed E-state index contributed by atoms with van der Waals surface area (Å²) in [4.78, 5) is 21.9. The molecule has 0 bridgehead atoms. The van der Waals surface area contributed by atoms with Gasteiger partial charge in [-0.1, -0.05) is 6.07 Å². The number of carbonyl (C=O) groups is 1. The van der Waals surface area contributed by atoms with E-state index in [0.717, 1.165) is 30.1 Å². The van der Waals surface area contributed by atoms with E-state index in [1.165, 1.54) is 0 Å². The van der Waals surface area contributed by atoms with Gasteiger partial charge in [0, 0.05) is 37.4 Å². The van der Waals surface area contributed by atoms with Gasteiger partial charge in [0.1, 0.15) is 18.1 Å². The average Bonchev–Trinajstić information content (AvgIpc) is 2.91. The molecule has 0 saturated carbocycles. The maximum Gasteiger partial charge on any atom is 0.272 e. The SMILES string of the molecule is COc1ccc(-c2cccc(C(=O)N3CCN(c4ccc(OCCO)cc4)CC3)n2)cc1OC. The molecule has 0 aliphatic carbocycles. The van der Waals surface area contributed by atoms with Gasteiger partial charge in [-0.2, -0.15) is 0 Å². The molecule has 178 valence electrons. The standard InChI is InChI=1S/C26H29N3O5/c1-32-24-11-6-19(18-25(24)33-2)22-4-3-5-23(27-22)26(31)29-14-12-28(13-15-29)20-7-9-21(10-8-20)34-17-16-30/h3-11,18,30H,12-17H2,1-2H3. The molecule has 1 aliphatic heterocycles. The summed E-state index contributed by atoms with van der Waals surface area (Å²) in [5.41, 5.74) is 3.06. The Bertz CT molecular complexity index is 1110. The molecule has 1 saturated heterocycles. The molecule has 2 heterocycles. The van der Waals surface area contributed by atoms with Gasteiger partial charge in [-0.05, 0) is 54.6 Å². The molecule has 0 radical (unpaired) electrons. The van der Waals surface area contributed by atoms with Gasteiger partial charge in [0.15, 0.2) is 11.5 Å². The predicted molar refractivity (Wildman–Crippen MR) is 130 cm³/mol. The maximum absolute atomic E-state index is 13.2. The molecule has 8 nitrogen and oxygen atoms in total. The van der Waals surface area contributed by atoms with Crippen molar-refractivity contribution in [3.05, 3.63) is 66.4 Å². The van der Waals surface area contributed by atoms with Crippen LogP contribution in [0.15, 0.2) is 60.7 Å². The molecular weight excluding hydrogens is 434 g/mol. The third-order valence-electron chi connectivity index (χ3n) is 5.78. The zero-order valence-electron chi connectivity index (χ0n) is 19.4. The van der Waals surface area contributed by atoms with Gasteiger partial charge in [-0.3, -0.25) is 4.79 Å². The van der Waals surface area contributed by atoms with E-state index in [9.17, 15) is 4.79 Å². The van der Waals surface area contributed by atoms with Crippen LogP contribution in [-0.2, 0) is 0 Å². The molecule has 1 aromatic heterocycles. The minimum absolute atomic E-state index is 0.0101. The highest BCUT2D eigenvalue weighted by Gasteiger charge is 2.23. The molecule has 4 rings (SSSR count). The van der Waals surface area contributed by atoms with Crippen LogP contribution in [-0.4, -0.2) is 74.5 Å². The molecular formula is C26H29N3O5. The van der Waals surface area contributed by atoms with E-state index in [0.29, 0.717) is 36.0 Å². The number of carbonyl (C=O) groups excluding carboxylic acids is 1. The third-order valence-corrected chi connectivity index (χ3v) is 5.78. The molecule has 0 spiro atoms. The van der Waals surface area contributed by atoms with Crippen molar-refractivity contribution in [3.63, 3.8) is 0 Å². The summed E-state index contributed by atoms with van der Waals surface area (Å²) in [7, 11) is 3.19. The average molecular weight is 464 g/mol. The van der Waals surface area contributed by atoms with E-state index >= 15 is 0 Å². The van der Waals surface area contributed by atoms with Crippen LogP contribution in [0.25, 0.3) is 11.3 Å². The molecule has 1 fully saturated rings. The lowest BCUT2D eigenvalue weighted by molar-refractivity contribution is 0.0741. The zero-order chi connectivity index (χ0) is 23.9. The predicted octanol–water partition coefficient (Wildman–Crippen LogP) is 3.10. The quantitative estimate of drug-likeness (QED) is 0.550. The van der Waals surface area contributed by atoms with E-state index < -0.39 is 0 Å². The first-order valence-corrected chi connectivity index (χ1v) is 11.2. The lowest BCUT2D eigenvalue weighted by atomic mass is 10.1. The Morgan fingerprint density at radius 2 is 1.68 bits per heavy atom. The van der Waals surface area contributed by atoms with E-state index in [1.807, 2.05) is 59.5 Å². The number of methoxy groups -OCH3 is 2. The van der Waals surface area contributed by atoms with Crippen LogP contribution in [0.1, 0.15) is 10.5 Å². The summed E-state index contributed by atoms with van der Waals surface area (Å²) in [6.45, 7) is 2.97. The van der Waals surface area contributed by atoms with Crippen molar-refractivity contribution in [2.45, 2.75) is 0 Å². The zero-order valence-corrected chi connectivity index (χ0v) is 19.4. The number of nitrogens with zero attached hydrogens (tertiary/aromatic N) is 3. The Labute approximate surface area is 199 Å². The largest absolute Gasteiger partial charge is 0.493 e. The fourth-order valence-corrected chi connectivity index (χ4v) is 3.96. The summed E-state index contributed by atoms with van der Waals surface area (Å²) in [6, 6.07) is 18.9. The molecule has 34 heavy (non-hydrogen) atoms. The van der Waals surface area contributed by atoms with Crippen LogP contribution < -0.4 is 19.1 Å². The van der Waals surface area contributed by atoms with E-state index in [1.54, 1.807) is 20.3 Å². The summed E-state index contributed by atoms with van der Waals surface area (Å²) in [6.07, 6.45) is 0. The monoisotopic (exact) mass is 463 g/mol. The number of aliphatic hydroxyl groups excluding tert-OH is 1. The fraction of sp³-hybridized carbons (Fsp3) is 0.308. The number of aliphatic hydroxyl groups is 1. The minimum atomic E-state index is -0.0743. The molecule has 1 aliphatic rings. The Hall–Kier alpha value is -3.78. The van der Waals surface area contributed by atoms with Crippen molar-refractivity contribution < 1.29 is 24.1 Å². The number of hydrogen-bond acceptors (Lipinski definition) is 7. The normalized spacial score (nSPS) is 13.5. The number of rotatable bonds is 8. The highest BCUT2D eigenvalue weighted by molar-refractivity contribution is 5.93. The van der Waals surface area contributed by atoms with Crippen LogP contribution in [0.5, 0.6) is 17.2 Å². The number of anilines is 1. The summed E-state index contributed by atoms with van der Waals surface area (Å²) in [5.74, 6) is 1.91.